The van der Waals surface area contributed by atoms with Crippen LogP contribution in [0.4, 0.5) is 5.69 Å². The maximum absolute atomic E-state index is 13.1. The first kappa shape index (κ1) is 21.6. The Hall–Kier alpha value is -4.24. The lowest BCUT2D eigenvalue weighted by atomic mass is 10.1. The molecule has 0 radical (unpaired) electrons. The molecule has 0 saturated heterocycles. The van der Waals surface area contributed by atoms with Crippen molar-refractivity contribution in [1.82, 2.24) is 14.5 Å². The predicted molar refractivity (Wildman–Crippen MR) is 133 cm³/mol. The van der Waals surface area contributed by atoms with Crippen LogP contribution < -0.4 is 20.3 Å². The number of carbonyl (C=O) groups is 1. The van der Waals surface area contributed by atoms with Crippen LogP contribution in [0.3, 0.4) is 0 Å². The Morgan fingerprint density at radius 1 is 1.06 bits per heavy atom. The van der Waals surface area contributed by atoms with Crippen molar-refractivity contribution in [2.75, 3.05) is 19.5 Å². The van der Waals surface area contributed by atoms with Gasteiger partial charge < -0.3 is 14.8 Å². The van der Waals surface area contributed by atoms with Crippen LogP contribution in [0, 0.1) is 0 Å². The van der Waals surface area contributed by atoms with E-state index in [1.165, 1.54) is 36.5 Å². The number of methoxy groups -OCH3 is 2. The molecular formula is C25H20N4O4S. The van der Waals surface area contributed by atoms with Crippen LogP contribution >= 0.6 is 11.3 Å². The topological polar surface area (TPSA) is 95.3 Å². The Labute approximate surface area is 198 Å². The van der Waals surface area contributed by atoms with E-state index in [-0.39, 0.29) is 18.0 Å². The van der Waals surface area contributed by atoms with Crippen LogP contribution in [0.1, 0.15) is 0 Å². The van der Waals surface area contributed by atoms with Crippen molar-refractivity contribution in [1.29, 1.82) is 0 Å². The number of pyridine rings is 1. The molecule has 0 aliphatic rings. The Kier molecular flexibility index (Phi) is 5.69. The van der Waals surface area contributed by atoms with E-state index in [0.717, 1.165) is 21.5 Å². The van der Waals surface area contributed by atoms with Gasteiger partial charge in [-0.2, -0.15) is 0 Å². The number of hydrogen-bond donors (Lipinski definition) is 1. The molecule has 0 fully saturated rings. The van der Waals surface area contributed by atoms with E-state index >= 15 is 0 Å². The zero-order chi connectivity index (χ0) is 23.7. The third-order valence-corrected chi connectivity index (χ3v) is 6.45. The van der Waals surface area contributed by atoms with E-state index in [2.05, 4.69) is 10.3 Å². The van der Waals surface area contributed by atoms with E-state index in [9.17, 15) is 9.59 Å². The van der Waals surface area contributed by atoms with E-state index in [4.69, 9.17) is 14.5 Å². The van der Waals surface area contributed by atoms with Gasteiger partial charge in [0.05, 0.1) is 37.4 Å². The molecule has 170 valence electrons. The van der Waals surface area contributed by atoms with Gasteiger partial charge in [-0.05, 0) is 24.3 Å². The third-order valence-electron chi connectivity index (χ3n) is 5.37. The van der Waals surface area contributed by atoms with Crippen molar-refractivity contribution in [2.24, 2.45) is 0 Å². The van der Waals surface area contributed by atoms with Crippen molar-refractivity contribution in [3.8, 4) is 22.8 Å². The number of fused-ring (bicyclic) bond motifs is 3. The number of rotatable bonds is 6. The molecule has 8 nitrogen and oxygen atoms in total. The smallest absolute Gasteiger partial charge is 0.271 e. The highest BCUT2D eigenvalue weighted by Gasteiger charge is 2.16. The minimum Gasteiger partial charge on any atom is -0.497 e. The fourth-order valence-electron chi connectivity index (χ4n) is 3.69. The first-order valence-corrected chi connectivity index (χ1v) is 11.2. The van der Waals surface area contributed by atoms with Gasteiger partial charge in [0.1, 0.15) is 27.6 Å². The van der Waals surface area contributed by atoms with Gasteiger partial charge in [0, 0.05) is 17.0 Å². The van der Waals surface area contributed by atoms with Gasteiger partial charge in [0.15, 0.2) is 0 Å². The molecule has 0 aliphatic heterocycles. The molecule has 1 N–H and O–H groups in total. The summed E-state index contributed by atoms with van der Waals surface area (Å²) in [5.41, 5.74) is 2.57. The molecule has 0 atom stereocenters. The number of hydrogen-bond acceptors (Lipinski definition) is 7. The average molecular weight is 473 g/mol. The second-order valence-corrected chi connectivity index (χ2v) is 8.49. The van der Waals surface area contributed by atoms with E-state index in [1.807, 2.05) is 42.5 Å². The van der Waals surface area contributed by atoms with Crippen molar-refractivity contribution in [2.45, 2.75) is 6.54 Å². The fraction of sp³-hybridized carbons (Fsp3) is 0.120. The van der Waals surface area contributed by atoms with Crippen LogP contribution in [0.25, 0.3) is 31.7 Å². The Bertz CT molecular complexity index is 1580. The molecule has 5 rings (SSSR count). The summed E-state index contributed by atoms with van der Waals surface area (Å²) in [6, 6.07) is 18.8. The number of nitrogens with zero attached hydrogens (tertiary/aromatic N) is 3. The molecule has 0 bridgehead atoms. The minimum atomic E-state index is -0.389. The molecule has 0 spiro atoms. The lowest BCUT2D eigenvalue weighted by molar-refractivity contribution is -0.116. The number of amides is 1. The van der Waals surface area contributed by atoms with Gasteiger partial charge in [0.25, 0.3) is 5.56 Å². The summed E-state index contributed by atoms with van der Waals surface area (Å²) in [7, 11) is 3.05. The Balaban J connectivity index is 1.45. The number of thiophene rings is 1. The quantitative estimate of drug-likeness (QED) is 0.395. The SMILES string of the molecule is COc1ccc(OC)c(NC(=O)Cn2cnc3c(sc4nc(-c5ccccc5)ccc43)c2=O)c1. The van der Waals surface area contributed by atoms with Gasteiger partial charge in [-0.15, -0.1) is 11.3 Å². The highest BCUT2D eigenvalue weighted by Crippen LogP contribution is 2.31. The summed E-state index contributed by atoms with van der Waals surface area (Å²) >= 11 is 1.28. The number of nitrogens with one attached hydrogen (secondary N) is 1. The van der Waals surface area contributed by atoms with Crippen LogP contribution in [0.2, 0.25) is 0 Å². The van der Waals surface area contributed by atoms with Gasteiger partial charge >= 0.3 is 0 Å². The first-order valence-electron chi connectivity index (χ1n) is 10.4. The van der Waals surface area contributed by atoms with Gasteiger partial charge in [0.2, 0.25) is 5.91 Å². The molecule has 0 saturated carbocycles. The molecule has 9 heteroatoms. The summed E-state index contributed by atoms with van der Waals surface area (Å²) in [5.74, 6) is 0.671. The van der Waals surface area contributed by atoms with E-state index in [1.54, 1.807) is 18.2 Å². The van der Waals surface area contributed by atoms with Gasteiger partial charge in [-0.3, -0.25) is 14.2 Å². The molecule has 3 aromatic heterocycles. The number of ether oxygens (including phenoxy) is 2. The minimum absolute atomic E-state index is 0.195. The van der Waals surface area contributed by atoms with Crippen molar-refractivity contribution < 1.29 is 14.3 Å². The van der Waals surface area contributed by atoms with E-state index < -0.39 is 0 Å². The molecule has 1 amide bonds. The summed E-state index contributed by atoms with van der Waals surface area (Å²) < 4.78 is 12.3. The molecule has 5 aromatic rings. The second kappa shape index (κ2) is 8.95. The first-order chi connectivity index (χ1) is 16.6. The normalized spacial score (nSPS) is 11.0. The largest absolute Gasteiger partial charge is 0.497 e. The number of benzene rings is 2. The lowest BCUT2D eigenvalue weighted by Gasteiger charge is -2.12. The van der Waals surface area contributed by atoms with Crippen LogP contribution in [0.5, 0.6) is 11.5 Å². The average Bonchev–Trinajstić information content (AvgIpc) is 3.25. The van der Waals surface area contributed by atoms with Crippen LogP contribution in [-0.4, -0.2) is 34.7 Å². The zero-order valence-corrected chi connectivity index (χ0v) is 19.3. The molecule has 2 aromatic carbocycles. The van der Waals surface area contributed by atoms with Crippen LogP contribution in [-0.2, 0) is 11.3 Å². The summed E-state index contributed by atoms with van der Waals surface area (Å²) in [5, 5.41) is 3.59. The van der Waals surface area contributed by atoms with Gasteiger partial charge in [-0.1, -0.05) is 30.3 Å². The Morgan fingerprint density at radius 2 is 1.88 bits per heavy atom. The molecular weight excluding hydrogens is 452 g/mol. The summed E-state index contributed by atoms with van der Waals surface area (Å²) in [6.07, 6.45) is 1.39. The van der Waals surface area contributed by atoms with Gasteiger partial charge in [-0.25, -0.2) is 9.97 Å². The number of anilines is 1. The molecule has 0 aliphatic carbocycles. The van der Waals surface area contributed by atoms with Crippen molar-refractivity contribution in [3.63, 3.8) is 0 Å². The number of carbonyl (C=O) groups excluding carboxylic acids is 1. The standard InChI is InChI=1S/C25H20N4O4S/c1-32-16-8-11-20(33-2)19(12-16)27-21(30)13-29-14-26-22-17-9-10-18(15-6-4-3-5-7-15)28-24(17)34-23(22)25(29)31/h3-12,14H,13H2,1-2H3,(H,27,30). The molecule has 3 heterocycles. The van der Waals surface area contributed by atoms with Crippen molar-refractivity contribution >= 4 is 43.4 Å². The maximum Gasteiger partial charge on any atom is 0.271 e. The monoisotopic (exact) mass is 472 g/mol. The fourth-order valence-corrected chi connectivity index (χ4v) is 4.76. The molecule has 0 unspecified atom stereocenters. The highest BCUT2D eigenvalue weighted by molar-refractivity contribution is 7.25. The lowest BCUT2D eigenvalue weighted by Crippen LogP contribution is -2.27. The molecule has 34 heavy (non-hydrogen) atoms. The summed E-state index contributed by atoms with van der Waals surface area (Å²) in [6.45, 7) is -0.195. The maximum atomic E-state index is 13.1. The zero-order valence-electron chi connectivity index (χ0n) is 18.4. The second-order valence-electron chi connectivity index (χ2n) is 7.49. The Morgan fingerprint density at radius 3 is 2.65 bits per heavy atom. The third kappa shape index (κ3) is 3.97. The van der Waals surface area contributed by atoms with Crippen molar-refractivity contribution in [3.05, 3.63) is 77.3 Å². The van der Waals surface area contributed by atoms with E-state index in [0.29, 0.717) is 27.4 Å². The predicted octanol–water partition coefficient (Wildman–Crippen LogP) is 4.33. The number of aromatic nitrogens is 3. The summed E-state index contributed by atoms with van der Waals surface area (Å²) in [4.78, 5) is 35.8. The highest BCUT2D eigenvalue weighted by atomic mass is 32.1. The van der Waals surface area contributed by atoms with Crippen LogP contribution in [0.15, 0.2) is 71.8 Å².